The molecule has 0 radical (unpaired) electrons. The van der Waals surface area contributed by atoms with Gasteiger partial charge in [-0.15, -0.1) is 0 Å². The third-order valence-electron chi connectivity index (χ3n) is 5.68. The number of nitrogens with one attached hydrogen (secondary N) is 2. The van der Waals surface area contributed by atoms with Crippen molar-refractivity contribution in [1.29, 1.82) is 0 Å². The molecule has 176 valence electrons. The van der Waals surface area contributed by atoms with Crippen molar-refractivity contribution in [3.8, 4) is 0 Å². The van der Waals surface area contributed by atoms with Gasteiger partial charge in [0.25, 0.3) is 5.56 Å². The maximum absolute atomic E-state index is 13.1. The third-order valence-corrected chi connectivity index (χ3v) is 5.92. The van der Waals surface area contributed by atoms with Crippen LogP contribution in [0, 0.1) is 0 Å². The minimum atomic E-state index is -0.244. The van der Waals surface area contributed by atoms with Gasteiger partial charge in [-0.05, 0) is 56.3 Å². The highest BCUT2D eigenvalue weighted by Crippen LogP contribution is 2.19. The number of aryl methyl sites for hydroxylation is 1. The number of urea groups is 1. The Morgan fingerprint density at radius 2 is 1.88 bits per heavy atom. The fraction of sp³-hybridized carbons (Fsp3) is 0.400. The Bertz CT molecular complexity index is 1140. The van der Waals surface area contributed by atoms with Crippen molar-refractivity contribution in [3.63, 3.8) is 0 Å². The maximum Gasteiger partial charge on any atom is 0.317 e. The van der Waals surface area contributed by atoms with E-state index >= 15 is 0 Å². The molecule has 3 aromatic rings. The van der Waals surface area contributed by atoms with E-state index in [0.29, 0.717) is 34.8 Å². The Kier molecular flexibility index (Phi) is 8.47. The van der Waals surface area contributed by atoms with Crippen molar-refractivity contribution < 1.29 is 4.79 Å². The summed E-state index contributed by atoms with van der Waals surface area (Å²) in [7, 11) is 4.01. The van der Waals surface area contributed by atoms with Gasteiger partial charge in [0.1, 0.15) is 5.82 Å². The first-order valence-corrected chi connectivity index (χ1v) is 11.7. The van der Waals surface area contributed by atoms with E-state index < -0.39 is 0 Å². The Hall–Kier alpha value is -2.90. The standard InChI is InChI=1S/C25H32ClN5O2/c1-5-13-31(16-23-28-21-14-19(26)11-12-20(21)24(32)29-23)25(33)27-15-22(30(3)4)18-9-7-17(6-2)8-10-18/h7-12,14,22H,5-6,13,15-16H2,1-4H3,(H,27,33)(H,28,29,32). The number of aromatic amines is 1. The van der Waals surface area contributed by atoms with Crippen molar-refractivity contribution in [3.05, 3.63) is 74.8 Å². The number of hydrogen-bond acceptors (Lipinski definition) is 4. The van der Waals surface area contributed by atoms with Gasteiger partial charge in [0, 0.05) is 18.1 Å². The second kappa shape index (κ2) is 11.3. The van der Waals surface area contributed by atoms with Crippen LogP contribution in [0.3, 0.4) is 0 Å². The summed E-state index contributed by atoms with van der Waals surface area (Å²) in [4.78, 5) is 36.6. The Morgan fingerprint density at radius 3 is 2.52 bits per heavy atom. The Labute approximate surface area is 199 Å². The third kappa shape index (κ3) is 6.33. The average molecular weight is 470 g/mol. The van der Waals surface area contributed by atoms with Gasteiger partial charge in [-0.2, -0.15) is 0 Å². The monoisotopic (exact) mass is 469 g/mol. The number of halogens is 1. The molecule has 2 N–H and O–H groups in total. The van der Waals surface area contributed by atoms with Crippen LogP contribution < -0.4 is 10.9 Å². The Morgan fingerprint density at radius 1 is 1.15 bits per heavy atom. The van der Waals surface area contributed by atoms with Gasteiger partial charge in [-0.1, -0.05) is 49.7 Å². The molecule has 7 nitrogen and oxygen atoms in total. The summed E-state index contributed by atoms with van der Waals surface area (Å²) in [6.07, 6.45) is 1.78. The zero-order valence-electron chi connectivity index (χ0n) is 19.7. The number of benzene rings is 2. The molecule has 8 heteroatoms. The molecule has 0 bridgehead atoms. The van der Waals surface area contributed by atoms with Gasteiger partial charge in [0.15, 0.2) is 0 Å². The molecule has 0 aliphatic rings. The van der Waals surface area contributed by atoms with E-state index in [1.54, 1.807) is 23.1 Å². The van der Waals surface area contributed by atoms with Gasteiger partial charge in [-0.25, -0.2) is 9.78 Å². The summed E-state index contributed by atoms with van der Waals surface area (Å²) in [5.74, 6) is 0.428. The minimum absolute atomic E-state index is 0.0454. The molecular formula is C25H32ClN5O2. The van der Waals surface area contributed by atoms with E-state index in [4.69, 9.17) is 11.6 Å². The first kappa shape index (κ1) is 24.7. The summed E-state index contributed by atoms with van der Waals surface area (Å²) >= 11 is 6.06. The molecule has 33 heavy (non-hydrogen) atoms. The predicted octanol–water partition coefficient (Wildman–Crippen LogP) is 4.36. The van der Waals surface area contributed by atoms with Crippen molar-refractivity contribution in [2.75, 3.05) is 27.2 Å². The van der Waals surface area contributed by atoms with Crippen LogP contribution in [0.1, 0.15) is 43.3 Å². The zero-order valence-corrected chi connectivity index (χ0v) is 20.4. The maximum atomic E-state index is 13.1. The molecule has 0 saturated heterocycles. The van der Waals surface area contributed by atoms with Gasteiger partial charge < -0.3 is 20.1 Å². The molecule has 0 aliphatic heterocycles. The zero-order chi connectivity index (χ0) is 24.0. The number of H-pyrrole nitrogens is 1. The van der Waals surface area contributed by atoms with Gasteiger partial charge in [0.05, 0.1) is 23.5 Å². The average Bonchev–Trinajstić information content (AvgIpc) is 2.78. The number of amides is 2. The van der Waals surface area contributed by atoms with E-state index in [1.807, 2.05) is 21.0 Å². The highest BCUT2D eigenvalue weighted by molar-refractivity contribution is 6.31. The SMILES string of the molecule is CCCN(Cc1nc2cc(Cl)ccc2c(=O)[nH]1)C(=O)NCC(c1ccc(CC)cc1)N(C)C. The summed E-state index contributed by atoms with van der Waals surface area (Å²) < 4.78 is 0. The van der Waals surface area contributed by atoms with Gasteiger partial charge >= 0.3 is 6.03 Å². The molecule has 3 rings (SSSR count). The van der Waals surface area contributed by atoms with Crippen LogP contribution >= 0.6 is 11.6 Å². The summed E-state index contributed by atoms with van der Waals surface area (Å²) in [5, 5.41) is 4.04. The number of rotatable bonds is 9. The number of nitrogens with zero attached hydrogens (tertiary/aromatic N) is 3. The van der Waals surface area contributed by atoms with Crippen LogP contribution in [-0.4, -0.2) is 53.0 Å². The largest absolute Gasteiger partial charge is 0.336 e. The molecule has 0 aliphatic carbocycles. The lowest BCUT2D eigenvalue weighted by atomic mass is 10.0. The Balaban J connectivity index is 1.74. The minimum Gasteiger partial charge on any atom is -0.336 e. The van der Waals surface area contributed by atoms with Crippen LogP contribution in [0.4, 0.5) is 4.79 Å². The number of aromatic nitrogens is 2. The molecular weight excluding hydrogens is 438 g/mol. The van der Waals surface area contributed by atoms with Gasteiger partial charge in [0.2, 0.25) is 0 Å². The summed E-state index contributed by atoms with van der Waals surface area (Å²) in [6.45, 7) is 5.35. The van der Waals surface area contributed by atoms with E-state index in [1.165, 1.54) is 5.56 Å². The molecule has 0 spiro atoms. The van der Waals surface area contributed by atoms with E-state index in [0.717, 1.165) is 18.4 Å². The van der Waals surface area contributed by atoms with Crippen LogP contribution in [0.25, 0.3) is 10.9 Å². The first-order chi connectivity index (χ1) is 15.8. The number of carbonyl (C=O) groups is 1. The molecule has 2 aromatic carbocycles. The molecule has 1 atom stereocenters. The van der Waals surface area contributed by atoms with Crippen molar-refractivity contribution in [2.45, 2.75) is 39.3 Å². The number of carbonyl (C=O) groups excluding carboxylic acids is 1. The van der Waals surface area contributed by atoms with Crippen LogP contribution in [0.2, 0.25) is 5.02 Å². The molecule has 1 aromatic heterocycles. The van der Waals surface area contributed by atoms with E-state index in [2.05, 4.69) is 51.4 Å². The molecule has 1 heterocycles. The molecule has 0 fully saturated rings. The van der Waals surface area contributed by atoms with Crippen LogP contribution in [0.15, 0.2) is 47.3 Å². The van der Waals surface area contributed by atoms with Crippen LogP contribution in [-0.2, 0) is 13.0 Å². The highest BCUT2D eigenvalue weighted by atomic mass is 35.5. The smallest absolute Gasteiger partial charge is 0.317 e. The summed E-state index contributed by atoms with van der Waals surface area (Å²) in [5.41, 5.74) is 2.71. The normalized spacial score (nSPS) is 12.2. The molecule has 0 saturated carbocycles. The highest BCUT2D eigenvalue weighted by Gasteiger charge is 2.19. The van der Waals surface area contributed by atoms with Crippen LogP contribution in [0.5, 0.6) is 0 Å². The van der Waals surface area contributed by atoms with E-state index in [9.17, 15) is 9.59 Å². The first-order valence-electron chi connectivity index (χ1n) is 11.3. The lowest BCUT2D eigenvalue weighted by Gasteiger charge is -2.28. The van der Waals surface area contributed by atoms with Crippen molar-refractivity contribution in [1.82, 2.24) is 25.1 Å². The van der Waals surface area contributed by atoms with E-state index in [-0.39, 0.29) is 24.2 Å². The van der Waals surface area contributed by atoms with Crippen molar-refractivity contribution in [2.24, 2.45) is 0 Å². The molecule has 1 unspecified atom stereocenters. The second-order valence-corrected chi connectivity index (χ2v) is 8.79. The predicted molar refractivity (Wildman–Crippen MR) is 134 cm³/mol. The number of fused-ring (bicyclic) bond motifs is 1. The lowest BCUT2D eigenvalue weighted by Crippen LogP contribution is -2.43. The summed E-state index contributed by atoms with van der Waals surface area (Å²) in [6, 6.07) is 13.3. The lowest BCUT2D eigenvalue weighted by molar-refractivity contribution is 0.188. The number of likely N-dealkylation sites (N-methyl/N-ethyl adjacent to an activating group) is 1. The van der Waals surface area contributed by atoms with Gasteiger partial charge in [-0.3, -0.25) is 4.79 Å². The molecule has 2 amide bonds. The second-order valence-electron chi connectivity index (χ2n) is 8.36. The number of hydrogen-bond donors (Lipinski definition) is 2. The fourth-order valence-corrected chi connectivity index (χ4v) is 3.98. The van der Waals surface area contributed by atoms with Crippen molar-refractivity contribution >= 4 is 28.5 Å². The topological polar surface area (TPSA) is 81.3 Å². The quantitative estimate of drug-likeness (QED) is 0.487. The fourth-order valence-electron chi connectivity index (χ4n) is 3.81.